The first-order valence-corrected chi connectivity index (χ1v) is 20.6. The Morgan fingerprint density at radius 2 is 1.16 bits per heavy atom. The van der Waals surface area contributed by atoms with Gasteiger partial charge in [0.1, 0.15) is 34.7 Å². The number of nitro groups is 1. The predicted molar refractivity (Wildman–Crippen MR) is 241 cm³/mol. The zero-order valence-electron chi connectivity index (χ0n) is 36.8. The van der Waals surface area contributed by atoms with E-state index in [1.807, 2.05) is 41.5 Å². The molecule has 6 N–H and O–H groups in total. The van der Waals surface area contributed by atoms with Gasteiger partial charge in [0.2, 0.25) is 0 Å². The SMILES string of the molecule is [C-]#[N+]c1cnc(Nc2cc(NCC3CCCN(C(=O)OC(C)(C)C)C3)c(N)cn2)cn1.[C-]#[N+]c1cnc(Nc2cc(NCC3CCCN(C(=O)OC(C)(C)C)C3)c([N+](=O)[O-])cn2)cn1. The first-order valence-electron chi connectivity index (χ1n) is 20.6. The Morgan fingerprint density at radius 3 is 1.58 bits per heavy atom. The van der Waals surface area contributed by atoms with Gasteiger partial charge in [-0.3, -0.25) is 10.1 Å². The van der Waals surface area contributed by atoms with Gasteiger partial charge in [0.15, 0.2) is 24.0 Å². The highest BCUT2D eigenvalue weighted by Crippen LogP contribution is 2.29. The topological polar surface area (TPSA) is 262 Å². The van der Waals surface area contributed by atoms with Gasteiger partial charge in [0.25, 0.3) is 11.6 Å². The maximum Gasteiger partial charge on any atom is 0.410 e. The van der Waals surface area contributed by atoms with E-state index in [0.717, 1.165) is 31.4 Å². The predicted octanol–water partition coefficient (Wildman–Crippen LogP) is 7.94. The van der Waals surface area contributed by atoms with Crippen LogP contribution in [0.5, 0.6) is 0 Å². The van der Waals surface area contributed by atoms with E-state index in [1.165, 1.54) is 37.1 Å². The maximum atomic E-state index is 12.4. The average molecular weight is 879 g/mol. The number of nitrogen functional groups attached to an aromatic ring is 1. The molecule has 0 spiro atoms. The zero-order chi connectivity index (χ0) is 46.4. The third-order valence-corrected chi connectivity index (χ3v) is 9.54. The number of carbonyl (C=O) groups is 2. The van der Waals surface area contributed by atoms with Gasteiger partial charge < -0.3 is 56.0 Å². The molecule has 0 bridgehead atoms. The van der Waals surface area contributed by atoms with Gasteiger partial charge in [-0.25, -0.2) is 29.5 Å². The number of anilines is 7. The lowest BCUT2D eigenvalue weighted by Crippen LogP contribution is -2.44. The van der Waals surface area contributed by atoms with Gasteiger partial charge in [-0.2, -0.15) is 0 Å². The Labute approximate surface area is 371 Å². The summed E-state index contributed by atoms with van der Waals surface area (Å²) in [6.45, 7) is 28.6. The summed E-state index contributed by atoms with van der Waals surface area (Å²) < 4.78 is 11.0. The van der Waals surface area contributed by atoms with Crippen LogP contribution in [0.25, 0.3) is 9.69 Å². The summed E-state index contributed by atoms with van der Waals surface area (Å²) in [5, 5.41) is 24.0. The number of nitrogens with zero attached hydrogens (tertiary/aromatic N) is 11. The molecule has 0 saturated carbocycles. The molecular weight excluding hydrogens is 825 g/mol. The number of ether oxygens (including phenoxy) is 2. The molecule has 2 unspecified atom stereocenters. The number of hydrogen-bond donors (Lipinski definition) is 5. The lowest BCUT2D eigenvalue weighted by Gasteiger charge is -2.34. The highest BCUT2D eigenvalue weighted by molar-refractivity contribution is 5.71. The Hall–Kier alpha value is -7.62. The number of rotatable bonds is 11. The van der Waals surface area contributed by atoms with Gasteiger partial charge in [0, 0.05) is 51.4 Å². The van der Waals surface area contributed by atoms with Crippen LogP contribution >= 0.6 is 0 Å². The summed E-state index contributed by atoms with van der Waals surface area (Å²) in [5.74, 6) is 2.52. The van der Waals surface area contributed by atoms with Gasteiger partial charge in [-0.15, -0.1) is 9.97 Å². The van der Waals surface area contributed by atoms with Crippen molar-refractivity contribution in [2.24, 2.45) is 11.8 Å². The molecule has 0 radical (unpaired) electrons. The quantitative estimate of drug-likeness (QED) is 0.0544. The molecule has 22 nitrogen and oxygen atoms in total. The Balaban J connectivity index is 0.000000241. The Morgan fingerprint density at radius 1 is 0.719 bits per heavy atom. The molecule has 2 fully saturated rings. The fourth-order valence-corrected chi connectivity index (χ4v) is 6.60. The van der Waals surface area contributed by atoms with Gasteiger partial charge in [-0.1, -0.05) is 13.1 Å². The minimum atomic E-state index is -0.565. The fourth-order valence-electron chi connectivity index (χ4n) is 6.60. The molecule has 2 aliphatic heterocycles. The fraction of sp³-hybridized carbons (Fsp3) is 0.476. The molecule has 2 amide bonds. The Kier molecular flexibility index (Phi) is 15.9. The van der Waals surface area contributed by atoms with Crippen LogP contribution in [0, 0.1) is 35.1 Å². The smallest absolute Gasteiger partial charge is 0.410 e. The van der Waals surface area contributed by atoms with Crippen molar-refractivity contribution in [3.63, 3.8) is 0 Å². The third kappa shape index (κ3) is 14.8. The van der Waals surface area contributed by atoms with E-state index in [0.29, 0.717) is 73.9 Å². The lowest BCUT2D eigenvalue weighted by molar-refractivity contribution is -0.384. The van der Waals surface area contributed by atoms with Crippen molar-refractivity contribution in [3.05, 3.63) is 82.3 Å². The molecule has 2 aliphatic rings. The molecular formula is C42H54N16O6. The zero-order valence-corrected chi connectivity index (χ0v) is 36.8. The van der Waals surface area contributed by atoms with Crippen molar-refractivity contribution in [2.45, 2.75) is 78.4 Å². The molecule has 22 heteroatoms. The van der Waals surface area contributed by atoms with Crippen LogP contribution in [-0.2, 0) is 9.47 Å². The van der Waals surface area contributed by atoms with Gasteiger partial charge >= 0.3 is 17.9 Å². The van der Waals surface area contributed by atoms with Crippen LogP contribution < -0.4 is 27.0 Å². The van der Waals surface area contributed by atoms with E-state index in [9.17, 15) is 19.7 Å². The summed E-state index contributed by atoms with van der Waals surface area (Å²) in [6.07, 6.45) is 11.4. The molecule has 0 aliphatic carbocycles. The summed E-state index contributed by atoms with van der Waals surface area (Å²) in [5.41, 5.74) is 6.44. The van der Waals surface area contributed by atoms with Crippen molar-refractivity contribution in [1.82, 2.24) is 39.7 Å². The number of amides is 2. The normalized spacial score (nSPS) is 16.1. The molecule has 6 heterocycles. The van der Waals surface area contributed by atoms with E-state index in [-0.39, 0.29) is 41.3 Å². The Bertz CT molecular complexity index is 2320. The molecule has 6 rings (SSSR count). The highest BCUT2D eigenvalue weighted by atomic mass is 16.6. The number of nitrogens with one attached hydrogen (secondary N) is 4. The van der Waals surface area contributed by atoms with Gasteiger partial charge in [-0.05, 0) is 79.1 Å². The number of likely N-dealkylation sites (tertiary alicyclic amines) is 2. The molecule has 0 aromatic carbocycles. The van der Waals surface area contributed by atoms with Crippen molar-refractivity contribution >= 4 is 69.8 Å². The van der Waals surface area contributed by atoms with Crippen molar-refractivity contribution in [2.75, 3.05) is 66.3 Å². The number of hydrogen-bond acceptors (Lipinski definition) is 17. The third-order valence-electron chi connectivity index (χ3n) is 9.54. The van der Waals surface area contributed by atoms with E-state index < -0.39 is 16.1 Å². The largest absolute Gasteiger partial charge is 0.444 e. The van der Waals surface area contributed by atoms with E-state index in [2.05, 4.69) is 60.9 Å². The van der Waals surface area contributed by atoms with Crippen LogP contribution in [0.2, 0.25) is 0 Å². The molecule has 2 atom stereocenters. The van der Waals surface area contributed by atoms with Crippen LogP contribution in [-0.4, -0.2) is 107 Å². The summed E-state index contributed by atoms with van der Waals surface area (Å²) in [6, 6.07) is 3.32. The number of piperidine rings is 2. The second kappa shape index (κ2) is 21.4. The van der Waals surface area contributed by atoms with Crippen molar-refractivity contribution in [3.8, 4) is 0 Å². The standard InChI is InChI=1S/C21H26N8O4.C21H28N8O2/c1-21(2,3)33-20(30)28-7-5-6-14(13-28)9-23-15-8-17(24-10-16(15)29(31)32)27-19-12-25-18(22-4)11-26-19;1-21(2,3)31-20(30)29-7-5-6-14(13-29)9-24-16-8-17(25-10-15(16)22)28-19-12-26-18(23-4)11-27-19/h8,10-12,14H,5-7,9,13H2,1-3H3,(H2,23,24,26,27);8,10-12,14H,5-7,9,13,22H2,1-3H3,(H2,24,25,27,28). The van der Waals surface area contributed by atoms with E-state index >= 15 is 0 Å². The minimum absolute atomic E-state index is 0.113. The van der Waals surface area contributed by atoms with Crippen molar-refractivity contribution < 1.29 is 24.0 Å². The lowest BCUT2D eigenvalue weighted by atomic mass is 9.98. The average Bonchev–Trinajstić information content (AvgIpc) is 3.25. The van der Waals surface area contributed by atoms with E-state index in [4.69, 9.17) is 28.4 Å². The first kappa shape index (κ1) is 47.4. The highest BCUT2D eigenvalue weighted by Gasteiger charge is 2.29. The first-order chi connectivity index (χ1) is 30.4. The second-order valence-corrected chi connectivity index (χ2v) is 17.1. The van der Waals surface area contributed by atoms with Gasteiger partial charge in [0.05, 0.1) is 34.9 Å². The van der Waals surface area contributed by atoms with Crippen LogP contribution in [0.1, 0.15) is 67.2 Å². The van der Waals surface area contributed by atoms with E-state index in [1.54, 1.807) is 22.1 Å². The molecule has 4 aromatic heterocycles. The van der Waals surface area contributed by atoms with Crippen LogP contribution in [0.3, 0.4) is 0 Å². The summed E-state index contributed by atoms with van der Waals surface area (Å²) in [4.78, 5) is 70.0. The molecule has 2 saturated heterocycles. The van der Waals surface area contributed by atoms with Crippen molar-refractivity contribution in [1.29, 1.82) is 0 Å². The van der Waals surface area contributed by atoms with Crippen LogP contribution in [0.4, 0.5) is 67.2 Å². The minimum Gasteiger partial charge on any atom is -0.444 e. The number of carbonyl (C=O) groups excluding carboxylic acids is 2. The summed E-state index contributed by atoms with van der Waals surface area (Å²) in [7, 11) is 0. The molecule has 64 heavy (non-hydrogen) atoms. The molecule has 338 valence electrons. The second-order valence-electron chi connectivity index (χ2n) is 17.1. The summed E-state index contributed by atoms with van der Waals surface area (Å²) >= 11 is 0. The number of nitrogens with two attached hydrogens (primary N) is 1. The maximum absolute atomic E-state index is 12.4. The van der Waals surface area contributed by atoms with Crippen LogP contribution in [0.15, 0.2) is 49.3 Å². The monoisotopic (exact) mass is 878 g/mol. The number of aromatic nitrogens is 6. The number of pyridine rings is 2. The molecule has 4 aromatic rings.